The number of nitrogens with zero attached hydrogens (tertiary/aromatic N) is 1. The van der Waals surface area contributed by atoms with E-state index in [4.69, 9.17) is 30.2 Å². The summed E-state index contributed by atoms with van der Waals surface area (Å²) in [5.74, 6) is -16.4. The molecule has 0 aromatic carbocycles. The number of amides is 1. The molecule has 0 radical (unpaired) electrons. The fourth-order valence-electron chi connectivity index (χ4n) is 2.77. The minimum atomic E-state index is -4.95. The molecule has 0 aromatic heterocycles. The number of aliphatic carboxylic acids is 4. The van der Waals surface area contributed by atoms with Crippen LogP contribution in [0, 0.1) is 23.7 Å². The third-order valence-electron chi connectivity index (χ3n) is 3.68. The first-order chi connectivity index (χ1) is 11.3. The van der Waals surface area contributed by atoms with Crippen LogP contribution in [0.15, 0.2) is 0 Å². The highest BCUT2D eigenvalue weighted by Gasteiger charge is 2.64. The highest BCUT2D eigenvalue weighted by Crippen LogP contribution is 2.48. The summed E-state index contributed by atoms with van der Waals surface area (Å²) in [5.41, 5.74) is 0. The van der Waals surface area contributed by atoms with E-state index in [1.807, 2.05) is 0 Å². The zero-order valence-electron chi connectivity index (χ0n) is 12.3. The molecular weight excluding hydrogens is 369 g/mol. The van der Waals surface area contributed by atoms with Gasteiger partial charge in [0.05, 0.1) is 23.7 Å². The second kappa shape index (κ2) is 7.17. The number of carboxylic acids is 4. The van der Waals surface area contributed by atoms with Crippen molar-refractivity contribution in [2.45, 2.75) is 0 Å². The van der Waals surface area contributed by atoms with E-state index in [2.05, 4.69) is 0 Å². The predicted molar refractivity (Wildman–Crippen MR) is 73.1 cm³/mol. The largest absolute Gasteiger partial charge is 0.481 e. The Hall–Kier alpha value is -2.50. The highest BCUT2D eigenvalue weighted by molar-refractivity contribution is 7.51. The van der Waals surface area contributed by atoms with Crippen LogP contribution in [0.25, 0.3) is 0 Å². The molecule has 25 heavy (non-hydrogen) atoms. The second-order valence-electron chi connectivity index (χ2n) is 5.35. The van der Waals surface area contributed by atoms with E-state index in [9.17, 15) is 28.5 Å². The van der Waals surface area contributed by atoms with Crippen LogP contribution in [0.2, 0.25) is 0 Å². The summed E-state index contributed by atoms with van der Waals surface area (Å²) in [4.78, 5) is 74.5. The van der Waals surface area contributed by atoms with Gasteiger partial charge in [0.1, 0.15) is 12.8 Å². The number of hydrogen-bond acceptors (Lipinski definition) is 6. The molecular formula is C11H14NO12P. The van der Waals surface area contributed by atoms with E-state index in [-0.39, 0.29) is 4.90 Å². The van der Waals surface area contributed by atoms with E-state index >= 15 is 0 Å². The average Bonchev–Trinajstić information content (AvgIpc) is 2.32. The fraction of sp³-hybridized carbons (Fsp3) is 0.545. The van der Waals surface area contributed by atoms with Gasteiger partial charge < -0.3 is 35.1 Å². The maximum absolute atomic E-state index is 12.3. The van der Waals surface area contributed by atoms with Gasteiger partial charge in [-0.3, -0.25) is 28.5 Å². The molecule has 0 spiro atoms. The summed E-state index contributed by atoms with van der Waals surface area (Å²) in [6.07, 6.45) is -1.38. The van der Waals surface area contributed by atoms with Crippen LogP contribution in [0.1, 0.15) is 0 Å². The lowest BCUT2D eigenvalue weighted by Gasteiger charge is -2.45. The maximum Gasteiger partial charge on any atom is 0.344 e. The van der Waals surface area contributed by atoms with Gasteiger partial charge >= 0.3 is 31.5 Å². The van der Waals surface area contributed by atoms with E-state index in [0.29, 0.717) is 0 Å². The van der Waals surface area contributed by atoms with Crippen LogP contribution in [-0.4, -0.2) is 77.7 Å². The van der Waals surface area contributed by atoms with Crippen molar-refractivity contribution in [3.8, 4) is 0 Å². The molecule has 0 bridgehead atoms. The SMILES string of the molecule is O=C(O)CN(CP(=O)(O)O)C(=O)C1C(C(=O)O)C(C(=O)O)C1C(=O)O. The van der Waals surface area contributed by atoms with Gasteiger partial charge in [-0.2, -0.15) is 0 Å². The summed E-state index contributed by atoms with van der Waals surface area (Å²) in [7, 11) is -4.95. The molecule has 2 atom stereocenters. The third kappa shape index (κ3) is 4.53. The van der Waals surface area contributed by atoms with Crippen LogP contribution in [0.4, 0.5) is 0 Å². The predicted octanol–water partition coefficient (Wildman–Crippen LogP) is -2.23. The second-order valence-corrected chi connectivity index (χ2v) is 6.97. The Labute approximate surface area is 138 Å². The van der Waals surface area contributed by atoms with E-state index in [1.54, 1.807) is 0 Å². The molecule has 0 aromatic rings. The molecule has 1 aliphatic carbocycles. The summed E-state index contributed by atoms with van der Waals surface area (Å²) in [6.45, 7) is -1.23. The van der Waals surface area contributed by atoms with Gasteiger partial charge in [0.2, 0.25) is 5.91 Å². The summed E-state index contributed by atoms with van der Waals surface area (Å²) in [6, 6.07) is 0. The molecule has 1 aliphatic rings. The van der Waals surface area contributed by atoms with Gasteiger partial charge in [0.25, 0.3) is 0 Å². The van der Waals surface area contributed by atoms with E-state index in [1.165, 1.54) is 0 Å². The molecule has 13 nitrogen and oxygen atoms in total. The van der Waals surface area contributed by atoms with Gasteiger partial charge in [0.15, 0.2) is 0 Å². The number of hydrogen-bond donors (Lipinski definition) is 6. The Balaban J connectivity index is 3.25. The summed E-state index contributed by atoms with van der Waals surface area (Å²) >= 11 is 0. The maximum atomic E-state index is 12.3. The lowest BCUT2D eigenvalue weighted by atomic mass is 9.56. The lowest BCUT2D eigenvalue weighted by molar-refractivity contribution is -0.189. The topological polar surface area (TPSA) is 227 Å². The summed E-state index contributed by atoms with van der Waals surface area (Å²) < 4.78 is 11.0. The zero-order valence-corrected chi connectivity index (χ0v) is 13.1. The standard InChI is InChI=1S/C11H14NO12P/c13-3(14)1-12(2-25(22,23)24)8(15)4-5(9(16)17)7(11(20)21)6(4)10(18)19/h4-7H,1-2H2,(H,13,14)(H,16,17)(H,18,19)(H,20,21)(H2,22,23,24). The smallest absolute Gasteiger partial charge is 0.344 e. The molecule has 14 heteroatoms. The fourth-order valence-corrected chi connectivity index (χ4v) is 3.46. The van der Waals surface area contributed by atoms with Crippen molar-refractivity contribution in [3.63, 3.8) is 0 Å². The first kappa shape index (κ1) is 20.5. The monoisotopic (exact) mass is 383 g/mol. The first-order valence-corrected chi connectivity index (χ1v) is 8.31. The molecule has 1 fully saturated rings. The number of carbonyl (C=O) groups excluding carboxylic acids is 1. The van der Waals surface area contributed by atoms with Gasteiger partial charge in [-0.25, -0.2) is 0 Å². The Morgan fingerprint density at radius 3 is 1.40 bits per heavy atom. The van der Waals surface area contributed by atoms with Crippen molar-refractivity contribution in [2.24, 2.45) is 23.7 Å². The van der Waals surface area contributed by atoms with Crippen LogP contribution in [0.3, 0.4) is 0 Å². The highest BCUT2D eigenvalue weighted by atomic mass is 31.2. The molecule has 1 amide bonds. The van der Waals surface area contributed by atoms with Crippen molar-refractivity contribution in [1.82, 2.24) is 4.90 Å². The minimum absolute atomic E-state index is 0.109. The zero-order chi connectivity index (χ0) is 19.7. The van der Waals surface area contributed by atoms with E-state index in [0.717, 1.165) is 0 Å². The molecule has 1 saturated carbocycles. The molecule has 1 rings (SSSR count). The molecule has 2 unspecified atom stereocenters. The third-order valence-corrected chi connectivity index (χ3v) is 4.39. The molecule has 0 saturated heterocycles. The van der Waals surface area contributed by atoms with Crippen molar-refractivity contribution in [1.29, 1.82) is 0 Å². The van der Waals surface area contributed by atoms with Crippen molar-refractivity contribution in [3.05, 3.63) is 0 Å². The number of carbonyl (C=O) groups is 5. The number of carboxylic acid groups (broad SMARTS) is 4. The lowest BCUT2D eigenvalue weighted by Crippen LogP contribution is -2.62. The van der Waals surface area contributed by atoms with Gasteiger partial charge in [0, 0.05) is 0 Å². The van der Waals surface area contributed by atoms with Gasteiger partial charge in [-0.1, -0.05) is 0 Å². The van der Waals surface area contributed by atoms with Crippen molar-refractivity contribution >= 4 is 37.4 Å². The van der Waals surface area contributed by atoms with Crippen LogP contribution >= 0.6 is 7.60 Å². The quantitative estimate of drug-likeness (QED) is 0.245. The Bertz CT molecular complexity index is 646. The molecule has 6 N–H and O–H groups in total. The Morgan fingerprint density at radius 1 is 0.760 bits per heavy atom. The van der Waals surface area contributed by atoms with Gasteiger partial charge in [-0.05, 0) is 0 Å². The summed E-state index contributed by atoms with van der Waals surface area (Å²) in [5, 5.41) is 35.8. The Kier molecular flexibility index (Phi) is 5.89. The molecule has 140 valence electrons. The van der Waals surface area contributed by atoms with Crippen molar-refractivity contribution < 1.29 is 58.8 Å². The Morgan fingerprint density at radius 2 is 1.12 bits per heavy atom. The average molecular weight is 383 g/mol. The van der Waals surface area contributed by atoms with Crippen molar-refractivity contribution in [2.75, 3.05) is 12.8 Å². The van der Waals surface area contributed by atoms with E-state index < -0.39 is 73.9 Å². The first-order valence-electron chi connectivity index (χ1n) is 6.51. The molecule has 0 aliphatic heterocycles. The number of rotatable bonds is 8. The van der Waals surface area contributed by atoms with Crippen LogP contribution < -0.4 is 0 Å². The van der Waals surface area contributed by atoms with Crippen LogP contribution in [0.5, 0.6) is 0 Å². The van der Waals surface area contributed by atoms with Gasteiger partial charge in [-0.15, -0.1) is 0 Å². The normalized spacial score (nSPS) is 25.5. The minimum Gasteiger partial charge on any atom is -0.481 e. The molecule has 0 heterocycles. The van der Waals surface area contributed by atoms with Crippen LogP contribution in [-0.2, 0) is 28.5 Å².